The van der Waals surface area contributed by atoms with Gasteiger partial charge in [0.1, 0.15) is 11.5 Å². The van der Waals surface area contributed by atoms with Crippen LogP contribution >= 0.6 is 0 Å². The highest BCUT2D eigenvalue weighted by molar-refractivity contribution is 6.08. The van der Waals surface area contributed by atoms with Crippen LogP contribution in [0.1, 0.15) is 80.8 Å². The molecule has 1 saturated heterocycles. The van der Waals surface area contributed by atoms with Gasteiger partial charge >= 0.3 is 6.03 Å². The first-order chi connectivity index (χ1) is 18.7. The molecular formula is C32H40N2O5. The zero-order valence-electron chi connectivity index (χ0n) is 23.6. The van der Waals surface area contributed by atoms with E-state index in [2.05, 4.69) is 38.3 Å². The number of fused-ring (bicyclic) bond motifs is 1. The molecule has 39 heavy (non-hydrogen) atoms. The van der Waals surface area contributed by atoms with Gasteiger partial charge in [0.2, 0.25) is 0 Å². The van der Waals surface area contributed by atoms with Crippen LogP contribution < -0.4 is 15.4 Å². The van der Waals surface area contributed by atoms with Gasteiger partial charge in [-0.3, -0.25) is 14.9 Å². The quantitative estimate of drug-likeness (QED) is 0.276. The van der Waals surface area contributed by atoms with Gasteiger partial charge in [0.15, 0.2) is 11.3 Å². The number of hydrogen-bond acceptors (Lipinski definition) is 5. The third kappa shape index (κ3) is 6.02. The number of carbonyl (C=O) groups is 3. The van der Waals surface area contributed by atoms with Crippen LogP contribution in [0.15, 0.2) is 60.4 Å². The molecule has 4 unspecified atom stereocenters. The predicted octanol–water partition coefficient (Wildman–Crippen LogP) is 5.94. The molecule has 7 nitrogen and oxygen atoms in total. The average molecular weight is 533 g/mol. The van der Waals surface area contributed by atoms with Crippen molar-refractivity contribution in [2.75, 3.05) is 7.11 Å². The molecule has 4 rings (SSSR count). The van der Waals surface area contributed by atoms with Gasteiger partial charge in [0, 0.05) is 17.9 Å². The molecule has 0 bridgehead atoms. The minimum atomic E-state index is -1.36. The molecule has 7 heteroatoms. The largest absolute Gasteiger partial charge is 0.497 e. The molecule has 1 heterocycles. The van der Waals surface area contributed by atoms with Gasteiger partial charge in [-0.15, -0.1) is 0 Å². The lowest BCUT2D eigenvalue weighted by Gasteiger charge is -2.37. The van der Waals surface area contributed by atoms with Crippen molar-refractivity contribution in [1.29, 1.82) is 0 Å². The molecule has 0 spiro atoms. The Balaban J connectivity index is 1.69. The van der Waals surface area contributed by atoms with E-state index in [1.807, 2.05) is 48.5 Å². The third-order valence-electron chi connectivity index (χ3n) is 8.27. The fourth-order valence-corrected chi connectivity index (χ4v) is 5.78. The number of benzene rings is 2. The van der Waals surface area contributed by atoms with E-state index in [4.69, 9.17) is 9.47 Å². The maximum absolute atomic E-state index is 13.6. The maximum atomic E-state index is 13.6. The van der Waals surface area contributed by atoms with E-state index < -0.39 is 17.5 Å². The first kappa shape index (κ1) is 28.4. The Kier molecular flexibility index (Phi) is 8.78. The van der Waals surface area contributed by atoms with Crippen LogP contribution in [0.5, 0.6) is 5.75 Å². The molecule has 3 amide bonds. The molecule has 0 aromatic heterocycles. The van der Waals surface area contributed by atoms with Gasteiger partial charge in [-0.05, 0) is 66.9 Å². The lowest BCUT2D eigenvalue weighted by Crippen LogP contribution is -2.52. The second-order valence-electron chi connectivity index (χ2n) is 10.9. The van der Waals surface area contributed by atoms with E-state index >= 15 is 0 Å². The number of nitrogens with one attached hydrogen (secondary N) is 2. The van der Waals surface area contributed by atoms with Gasteiger partial charge in [0.25, 0.3) is 5.91 Å². The number of amides is 3. The van der Waals surface area contributed by atoms with Crippen LogP contribution in [0, 0.1) is 11.8 Å². The zero-order valence-corrected chi connectivity index (χ0v) is 23.6. The summed E-state index contributed by atoms with van der Waals surface area (Å²) in [6, 6.07) is 15.1. The summed E-state index contributed by atoms with van der Waals surface area (Å²) in [4.78, 5) is 39.3. The fourth-order valence-electron chi connectivity index (χ4n) is 5.78. The second kappa shape index (κ2) is 12.1. The normalized spacial score (nSPS) is 22.7. The van der Waals surface area contributed by atoms with E-state index in [-0.39, 0.29) is 29.6 Å². The van der Waals surface area contributed by atoms with Crippen LogP contribution in [0.4, 0.5) is 4.79 Å². The fraction of sp³-hybridized carbons (Fsp3) is 0.469. The van der Waals surface area contributed by atoms with Crippen LogP contribution in [-0.4, -0.2) is 36.5 Å². The van der Waals surface area contributed by atoms with E-state index in [0.29, 0.717) is 36.3 Å². The Morgan fingerprint density at radius 1 is 1.05 bits per heavy atom. The molecule has 2 aromatic carbocycles. The van der Waals surface area contributed by atoms with Gasteiger partial charge in [-0.25, -0.2) is 4.79 Å². The first-order valence-corrected chi connectivity index (χ1v) is 14.0. The SMILES string of the molecule is CCC(CC)OC(=CC(C)c1ccccc1)C1(CC(C)C2CC(=O)c3cc(OC)ccc3C2)NC(=O)NC1=O. The predicted molar refractivity (Wildman–Crippen MR) is 151 cm³/mol. The topological polar surface area (TPSA) is 93.7 Å². The number of rotatable bonds is 11. The van der Waals surface area contributed by atoms with Crippen LogP contribution in [0.3, 0.4) is 0 Å². The molecule has 208 valence electrons. The summed E-state index contributed by atoms with van der Waals surface area (Å²) < 4.78 is 11.9. The molecule has 1 aliphatic carbocycles. The Morgan fingerprint density at radius 2 is 1.77 bits per heavy atom. The van der Waals surface area contributed by atoms with Crippen molar-refractivity contribution < 1.29 is 23.9 Å². The maximum Gasteiger partial charge on any atom is 0.322 e. The van der Waals surface area contributed by atoms with Crippen molar-refractivity contribution in [3.8, 4) is 5.75 Å². The lowest BCUT2D eigenvalue weighted by atomic mass is 9.72. The number of methoxy groups -OCH3 is 1. The van der Waals surface area contributed by atoms with Crippen LogP contribution in [-0.2, 0) is 16.0 Å². The van der Waals surface area contributed by atoms with Gasteiger partial charge < -0.3 is 14.8 Å². The Hall–Kier alpha value is -3.61. The highest BCUT2D eigenvalue weighted by Crippen LogP contribution is 2.39. The number of carbonyl (C=O) groups excluding carboxylic acids is 3. The minimum absolute atomic E-state index is 0.0153. The Morgan fingerprint density at radius 3 is 2.38 bits per heavy atom. The molecule has 2 aromatic rings. The average Bonchev–Trinajstić information content (AvgIpc) is 3.23. The summed E-state index contributed by atoms with van der Waals surface area (Å²) in [5, 5.41) is 5.41. The standard InChI is InChI=1S/C32H40N2O5/c1-6-25(7-2)39-29(15-20(3)22-11-9-8-10-12-22)32(30(36)33-31(37)34-32)19-21(4)24-16-23-13-14-26(38-5)18-27(23)28(35)17-24/h8-15,18,20-21,24-25H,6-7,16-17,19H2,1-5H3,(H2,33,34,36,37). The number of allylic oxidation sites excluding steroid dienone is 1. The molecule has 1 aliphatic heterocycles. The highest BCUT2D eigenvalue weighted by Gasteiger charge is 2.52. The van der Waals surface area contributed by atoms with Gasteiger partial charge in [-0.1, -0.05) is 64.1 Å². The van der Waals surface area contributed by atoms with Crippen molar-refractivity contribution in [2.45, 2.75) is 77.4 Å². The van der Waals surface area contributed by atoms with Crippen molar-refractivity contribution >= 4 is 17.7 Å². The molecule has 4 atom stereocenters. The summed E-state index contributed by atoms with van der Waals surface area (Å²) in [5.41, 5.74) is 1.42. The summed E-state index contributed by atoms with van der Waals surface area (Å²) in [6.45, 7) is 8.22. The number of ketones is 1. The smallest absolute Gasteiger partial charge is 0.322 e. The summed E-state index contributed by atoms with van der Waals surface area (Å²) in [5.74, 6) is 0.697. The lowest BCUT2D eigenvalue weighted by molar-refractivity contribution is -0.125. The first-order valence-electron chi connectivity index (χ1n) is 14.0. The molecule has 0 saturated carbocycles. The second-order valence-corrected chi connectivity index (χ2v) is 10.9. The summed E-state index contributed by atoms with van der Waals surface area (Å²) in [7, 11) is 1.59. The van der Waals surface area contributed by atoms with Crippen molar-refractivity contribution in [1.82, 2.24) is 10.6 Å². The van der Waals surface area contributed by atoms with E-state index in [1.54, 1.807) is 13.2 Å². The molecule has 2 N–H and O–H groups in total. The third-order valence-corrected chi connectivity index (χ3v) is 8.27. The van der Waals surface area contributed by atoms with E-state index in [0.717, 1.165) is 24.0 Å². The Labute approximate surface area is 231 Å². The summed E-state index contributed by atoms with van der Waals surface area (Å²) >= 11 is 0. The number of urea groups is 1. The monoisotopic (exact) mass is 532 g/mol. The summed E-state index contributed by atoms with van der Waals surface area (Å²) in [6.07, 6.45) is 4.82. The Bertz CT molecular complexity index is 1240. The molecule has 1 fully saturated rings. The number of ether oxygens (including phenoxy) is 2. The van der Waals surface area contributed by atoms with E-state index in [9.17, 15) is 14.4 Å². The molecular weight excluding hydrogens is 492 g/mol. The molecule has 2 aliphatic rings. The highest BCUT2D eigenvalue weighted by atomic mass is 16.5. The van der Waals surface area contributed by atoms with Crippen molar-refractivity contribution in [2.24, 2.45) is 11.8 Å². The zero-order chi connectivity index (χ0) is 28.2. The minimum Gasteiger partial charge on any atom is -0.497 e. The van der Waals surface area contributed by atoms with Gasteiger partial charge in [0.05, 0.1) is 13.2 Å². The van der Waals surface area contributed by atoms with E-state index in [1.165, 1.54) is 0 Å². The van der Waals surface area contributed by atoms with Crippen molar-refractivity contribution in [3.63, 3.8) is 0 Å². The van der Waals surface area contributed by atoms with Gasteiger partial charge in [-0.2, -0.15) is 0 Å². The van der Waals surface area contributed by atoms with Crippen LogP contribution in [0.2, 0.25) is 0 Å². The van der Waals surface area contributed by atoms with Crippen molar-refractivity contribution in [3.05, 3.63) is 77.1 Å². The number of imide groups is 1. The number of hydrogen-bond donors (Lipinski definition) is 2. The number of Topliss-reactive ketones (excluding diaryl/α,β-unsaturated/α-hetero) is 1. The van der Waals surface area contributed by atoms with Crippen LogP contribution in [0.25, 0.3) is 0 Å². The molecule has 0 radical (unpaired) electrons.